The van der Waals surface area contributed by atoms with Crippen LogP contribution in [0.4, 0.5) is 0 Å². The number of amides is 1. The van der Waals surface area contributed by atoms with Gasteiger partial charge in [-0.2, -0.15) is 5.10 Å². The Hall–Kier alpha value is -3.38. The summed E-state index contributed by atoms with van der Waals surface area (Å²) < 4.78 is 5.64. The van der Waals surface area contributed by atoms with Crippen LogP contribution in [0.25, 0.3) is 11.3 Å². The highest BCUT2D eigenvalue weighted by Gasteiger charge is 2.11. The third kappa shape index (κ3) is 4.24. The number of nitrogens with one attached hydrogen (secondary N) is 1. The first-order valence-corrected chi connectivity index (χ1v) is 8.35. The standard InChI is InChI=1S/C20H15ClN2O4/c1-12-6-7-13(10-16(12)20(25)26)18-9-8-14(27-18)11-22-23-19(24)15-4-2-3-5-17(15)21/h2-11H,1H3,(H,23,24)(H,25,26)/b22-11-. The SMILES string of the molecule is Cc1ccc(-c2ccc(/C=N\NC(=O)c3ccccc3Cl)o2)cc1C(=O)O. The number of rotatable bonds is 5. The van der Waals surface area contributed by atoms with Crippen molar-refractivity contribution in [3.8, 4) is 11.3 Å². The van der Waals surface area contributed by atoms with Crippen molar-refractivity contribution >= 4 is 29.7 Å². The Labute approximate surface area is 160 Å². The van der Waals surface area contributed by atoms with Crippen LogP contribution >= 0.6 is 11.6 Å². The summed E-state index contributed by atoms with van der Waals surface area (Å²) in [6, 6.07) is 15.1. The number of carbonyl (C=O) groups is 2. The van der Waals surface area contributed by atoms with E-state index in [1.807, 2.05) is 0 Å². The van der Waals surface area contributed by atoms with E-state index in [1.54, 1.807) is 61.5 Å². The van der Waals surface area contributed by atoms with Crippen LogP contribution in [0.2, 0.25) is 5.02 Å². The number of carboxylic acids is 1. The van der Waals surface area contributed by atoms with Crippen molar-refractivity contribution in [3.63, 3.8) is 0 Å². The smallest absolute Gasteiger partial charge is 0.335 e. The summed E-state index contributed by atoms with van der Waals surface area (Å²) in [6.07, 6.45) is 1.35. The lowest BCUT2D eigenvalue weighted by Gasteiger charge is -2.03. The maximum absolute atomic E-state index is 12.0. The van der Waals surface area contributed by atoms with Gasteiger partial charge in [0.1, 0.15) is 11.5 Å². The van der Waals surface area contributed by atoms with Gasteiger partial charge in [0.25, 0.3) is 5.91 Å². The molecule has 0 unspecified atom stereocenters. The highest BCUT2D eigenvalue weighted by Crippen LogP contribution is 2.24. The number of carbonyl (C=O) groups excluding carboxylic acids is 1. The predicted octanol–water partition coefficient (Wildman–Crippen LogP) is 4.37. The van der Waals surface area contributed by atoms with E-state index in [2.05, 4.69) is 10.5 Å². The molecule has 27 heavy (non-hydrogen) atoms. The molecule has 0 aliphatic carbocycles. The van der Waals surface area contributed by atoms with Crippen LogP contribution in [-0.4, -0.2) is 23.2 Å². The van der Waals surface area contributed by atoms with Crippen molar-refractivity contribution in [2.45, 2.75) is 6.92 Å². The van der Waals surface area contributed by atoms with E-state index >= 15 is 0 Å². The Kier molecular flexibility index (Phi) is 5.38. The van der Waals surface area contributed by atoms with Gasteiger partial charge in [0.05, 0.1) is 22.4 Å². The van der Waals surface area contributed by atoms with E-state index in [4.69, 9.17) is 16.0 Å². The molecule has 0 saturated heterocycles. The Balaban J connectivity index is 1.72. The molecule has 3 rings (SSSR count). The lowest BCUT2D eigenvalue weighted by molar-refractivity contribution is 0.0696. The quantitative estimate of drug-likeness (QED) is 0.506. The minimum atomic E-state index is -0.995. The fourth-order valence-corrected chi connectivity index (χ4v) is 2.66. The number of carboxylic acid groups (broad SMARTS) is 1. The van der Waals surface area contributed by atoms with Crippen LogP contribution in [0.5, 0.6) is 0 Å². The van der Waals surface area contributed by atoms with Crippen LogP contribution in [0, 0.1) is 6.92 Å². The number of benzene rings is 2. The molecule has 2 N–H and O–H groups in total. The zero-order chi connectivity index (χ0) is 19.4. The average Bonchev–Trinajstić information content (AvgIpc) is 3.11. The molecular weight excluding hydrogens is 368 g/mol. The van der Waals surface area contributed by atoms with Crippen molar-refractivity contribution in [3.05, 3.63) is 82.1 Å². The topological polar surface area (TPSA) is 91.9 Å². The van der Waals surface area contributed by atoms with E-state index in [1.165, 1.54) is 6.21 Å². The van der Waals surface area contributed by atoms with Crippen LogP contribution in [0.15, 0.2) is 64.1 Å². The first kappa shape index (κ1) is 18.4. The number of halogens is 1. The number of nitrogens with zero attached hydrogens (tertiary/aromatic N) is 1. The van der Waals surface area contributed by atoms with Gasteiger partial charge in [-0.1, -0.05) is 35.9 Å². The Morgan fingerprint density at radius 1 is 1.11 bits per heavy atom. The number of hydrogen-bond acceptors (Lipinski definition) is 4. The fraction of sp³-hybridized carbons (Fsp3) is 0.0500. The third-order valence-corrected chi connectivity index (χ3v) is 4.19. The lowest BCUT2D eigenvalue weighted by atomic mass is 10.0. The number of aryl methyl sites for hydroxylation is 1. The summed E-state index contributed by atoms with van der Waals surface area (Å²) in [4.78, 5) is 23.3. The van der Waals surface area contributed by atoms with Gasteiger partial charge in [-0.25, -0.2) is 10.2 Å². The van der Waals surface area contributed by atoms with Gasteiger partial charge < -0.3 is 9.52 Å². The predicted molar refractivity (Wildman–Crippen MR) is 102 cm³/mol. The molecule has 0 aliphatic rings. The summed E-state index contributed by atoms with van der Waals surface area (Å²) in [5.74, 6) is -0.531. The minimum absolute atomic E-state index is 0.214. The van der Waals surface area contributed by atoms with Gasteiger partial charge >= 0.3 is 5.97 Å². The van der Waals surface area contributed by atoms with E-state index < -0.39 is 11.9 Å². The molecule has 136 valence electrons. The largest absolute Gasteiger partial charge is 0.478 e. The summed E-state index contributed by atoms with van der Waals surface area (Å²) in [5, 5.41) is 13.4. The van der Waals surface area contributed by atoms with Crippen LogP contribution < -0.4 is 5.43 Å². The zero-order valence-electron chi connectivity index (χ0n) is 14.3. The van der Waals surface area contributed by atoms with E-state index in [0.29, 0.717) is 33.2 Å². The second-order valence-corrected chi connectivity index (χ2v) is 6.12. The molecule has 0 spiro atoms. The Morgan fingerprint density at radius 3 is 2.63 bits per heavy atom. The first-order chi connectivity index (χ1) is 13.0. The second-order valence-electron chi connectivity index (χ2n) is 5.72. The molecule has 0 fully saturated rings. The van der Waals surface area contributed by atoms with Crippen LogP contribution in [0.3, 0.4) is 0 Å². The average molecular weight is 383 g/mol. The fourth-order valence-electron chi connectivity index (χ4n) is 2.44. The van der Waals surface area contributed by atoms with Gasteiger partial charge in [0, 0.05) is 5.56 Å². The Morgan fingerprint density at radius 2 is 1.89 bits per heavy atom. The molecule has 7 heteroatoms. The van der Waals surface area contributed by atoms with Crippen molar-refractivity contribution < 1.29 is 19.1 Å². The molecule has 2 aromatic carbocycles. The maximum Gasteiger partial charge on any atom is 0.335 e. The Bertz CT molecular complexity index is 1040. The molecule has 1 amide bonds. The number of furan rings is 1. The lowest BCUT2D eigenvalue weighted by Crippen LogP contribution is -2.17. The summed E-state index contributed by atoms with van der Waals surface area (Å²) in [6.45, 7) is 1.73. The van der Waals surface area contributed by atoms with Crippen LogP contribution in [-0.2, 0) is 0 Å². The molecule has 0 radical (unpaired) electrons. The zero-order valence-corrected chi connectivity index (χ0v) is 15.0. The van der Waals surface area contributed by atoms with E-state index in [-0.39, 0.29) is 5.56 Å². The molecule has 6 nitrogen and oxygen atoms in total. The monoisotopic (exact) mass is 382 g/mol. The first-order valence-electron chi connectivity index (χ1n) is 7.98. The van der Waals surface area contributed by atoms with Gasteiger partial charge in [0.2, 0.25) is 0 Å². The number of hydrogen-bond donors (Lipinski definition) is 2. The minimum Gasteiger partial charge on any atom is -0.478 e. The number of aromatic carboxylic acids is 1. The van der Waals surface area contributed by atoms with Crippen molar-refractivity contribution in [1.82, 2.24) is 5.43 Å². The molecule has 1 heterocycles. The molecule has 0 saturated carbocycles. The van der Waals surface area contributed by atoms with Crippen LogP contribution in [0.1, 0.15) is 32.0 Å². The summed E-state index contributed by atoms with van der Waals surface area (Å²) in [5.41, 5.74) is 4.21. The number of hydrazone groups is 1. The van der Waals surface area contributed by atoms with E-state index in [0.717, 1.165) is 0 Å². The molecular formula is C20H15ClN2O4. The maximum atomic E-state index is 12.0. The third-order valence-electron chi connectivity index (χ3n) is 3.86. The van der Waals surface area contributed by atoms with Crippen molar-refractivity contribution in [2.24, 2.45) is 5.10 Å². The molecule has 1 aromatic heterocycles. The summed E-state index contributed by atoms with van der Waals surface area (Å²) in [7, 11) is 0. The van der Waals surface area contributed by atoms with Gasteiger partial charge in [-0.05, 0) is 42.8 Å². The van der Waals surface area contributed by atoms with Crippen molar-refractivity contribution in [2.75, 3.05) is 0 Å². The molecule has 3 aromatic rings. The second kappa shape index (κ2) is 7.88. The normalized spacial score (nSPS) is 10.9. The molecule has 0 atom stereocenters. The van der Waals surface area contributed by atoms with Crippen molar-refractivity contribution in [1.29, 1.82) is 0 Å². The molecule has 0 aliphatic heterocycles. The van der Waals surface area contributed by atoms with Gasteiger partial charge in [-0.3, -0.25) is 4.79 Å². The van der Waals surface area contributed by atoms with Gasteiger partial charge in [-0.15, -0.1) is 0 Å². The highest BCUT2D eigenvalue weighted by atomic mass is 35.5. The van der Waals surface area contributed by atoms with Gasteiger partial charge in [0.15, 0.2) is 0 Å². The molecule has 0 bridgehead atoms. The van der Waals surface area contributed by atoms with E-state index in [9.17, 15) is 14.7 Å². The summed E-state index contributed by atoms with van der Waals surface area (Å²) >= 11 is 5.96. The highest BCUT2D eigenvalue weighted by molar-refractivity contribution is 6.33.